The van der Waals surface area contributed by atoms with Gasteiger partial charge in [0.15, 0.2) is 0 Å². The summed E-state index contributed by atoms with van der Waals surface area (Å²) in [5, 5.41) is 3.59. The Morgan fingerprint density at radius 2 is 2.12 bits per heavy atom. The average molecular weight is 219 g/mol. The van der Waals surface area contributed by atoms with E-state index in [0.29, 0.717) is 6.04 Å². The van der Waals surface area contributed by atoms with Gasteiger partial charge in [-0.15, -0.1) is 0 Å². The Morgan fingerprint density at radius 1 is 1.31 bits per heavy atom. The van der Waals surface area contributed by atoms with Crippen LogP contribution in [0.25, 0.3) is 0 Å². The number of benzene rings is 1. The second-order valence-electron chi connectivity index (χ2n) is 4.42. The van der Waals surface area contributed by atoms with Crippen LogP contribution in [0.2, 0.25) is 0 Å². The second kappa shape index (κ2) is 6.02. The predicted octanol–water partition coefficient (Wildman–Crippen LogP) is 2.52. The lowest BCUT2D eigenvalue weighted by Crippen LogP contribution is -2.36. The molecule has 1 fully saturated rings. The highest BCUT2D eigenvalue weighted by Crippen LogP contribution is 2.11. The van der Waals surface area contributed by atoms with Crippen molar-refractivity contribution in [3.8, 4) is 0 Å². The molecule has 88 valence electrons. The molecule has 0 saturated carbocycles. The molecule has 0 aliphatic carbocycles. The third-order valence-electron chi connectivity index (χ3n) is 3.24. The molecule has 0 amide bonds. The molecule has 1 saturated heterocycles. The summed E-state index contributed by atoms with van der Waals surface area (Å²) in [6, 6.07) is 9.21. The maximum atomic E-state index is 5.46. The predicted molar refractivity (Wildman–Crippen MR) is 66.5 cm³/mol. The maximum Gasteiger partial charge on any atom is 0.0619 e. The first-order valence-corrected chi connectivity index (χ1v) is 6.28. The van der Waals surface area contributed by atoms with Gasteiger partial charge in [0.2, 0.25) is 0 Å². The summed E-state index contributed by atoms with van der Waals surface area (Å²) in [6.07, 6.45) is 3.54. The third-order valence-corrected chi connectivity index (χ3v) is 3.24. The van der Waals surface area contributed by atoms with E-state index in [9.17, 15) is 0 Å². The third kappa shape index (κ3) is 3.06. The van der Waals surface area contributed by atoms with Gasteiger partial charge in [0.05, 0.1) is 6.61 Å². The van der Waals surface area contributed by atoms with Crippen molar-refractivity contribution in [1.82, 2.24) is 5.32 Å². The number of ether oxygens (including phenoxy) is 1. The lowest BCUT2D eigenvalue weighted by atomic mass is 10.0. The number of hydrogen-bond acceptors (Lipinski definition) is 2. The lowest BCUT2D eigenvalue weighted by Gasteiger charge is -2.23. The summed E-state index contributed by atoms with van der Waals surface area (Å²) in [5.41, 5.74) is 2.88. The molecule has 1 aromatic carbocycles. The molecular weight excluding hydrogens is 198 g/mol. The van der Waals surface area contributed by atoms with Crippen LogP contribution in [0.5, 0.6) is 0 Å². The summed E-state index contributed by atoms with van der Waals surface area (Å²) < 4.78 is 5.46. The van der Waals surface area contributed by atoms with Gasteiger partial charge in [-0.05, 0) is 30.4 Å². The minimum absolute atomic E-state index is 0.540. The number of hydrogen-bond donors (Lipinski definition) is 1. The SMILES string of the molecule is CCc1ccccc1CNC1CCCOC1. The summed E-state index contributed by atoms with van der Waals surface area (Å²) >= 11 is 0. The van der Waals surface area contributed by atoms with E-state index < -0.39 is 0 Å². The minimum Gasteiger partial charge on any atom is -0.380 e. The molecule has 0 aromatic heterocycles. The summed E-state index contributed by atoms with van der Waals surface area (Å²) in [4.78, 5) is 0. The van der Waals surface area contributed by atoms with Crippen molar-refractivity contribution in [2.24, 2.45) is 0 Å². The van der Waals surface area contributed by atoms with Gasteiger partial charge in [-0.25, -0.2) is 0 Å². The van der Waals surface area contributed by atoms with Crippen LogP contribution in [0.15, 0.2) is 24.3 Å². The Kier molecular flexibility index (Phi) is 4.37. The Hall–Kier alpha value is -0.860. The van der Waals surface area contributed by atoms with Crippen LogP contribution in [-0.4, -0.2) is 19.3 Å². The van der Waals surface area contributed by atoms with Crippen molar-refractivity contribution < 1.29 is 4.74 Å². The van der Waals surface area contributed by atoms with Crippen LogP contribution in [0.1, 0.15) is 30.9 Å². The minimum atomic E-state index is 0.540. The van der Waals surface area contributed by atoms with Gasteiger partial charge in [-0.2, -0.15) is 0 Å². The van der Waals surface area contributed by atoms with E-state index in [4.69, 9.17) is 4.74 Å². The van der Waals surface area contributed by atoms with Crippen LogP contribution in [0.3, 0.4) is 0 Å². The topological polar surface area (TPSA) is 21.3 Å². The second-order valence-corrected chi connectivity index (χ2v) is 4.42. The van der Waals surface area contributed by atoms with E-state index in [2.05, 4.69) is 36.5 Å². The zero-order chi connectivity index (χ0) is 11.2. The van der Waals surface area contributed by atoms with Gasteiger partial charge in [0, 0.05) is 19.2 Å². The molecular formula is C14H21NO. The van der Waals surface area contributed by atoms with Crippen LogP contribution in [-0.2, 0) is 17.7 Å². The fraction of sp³-hybridized carbons (Fsp3) is 0.571. The Bertz CT molecular complexity index is 318. The molecule has 2 heteroatoms. The number of nitrogens with one attached hydrogen (secondary N) is 1. The van der Waals surface area contributed by atoms with Gasteiger partial charge in [0.25, 0.3) is 0 Å². The first kappa shape index (κ1) is 11.6. The Balaban J connectivity index is 1.88. The van der Waals surface area contributed by atoms with Crippen LogP contribution in [0.4, 0.5) is 0 Å². The van der Waals surface area contributed by atoms with Gasteiger partial charge in [-0.1, -0.05) is 31.2 Å². The molecule has 1 unspecified atom stereocenters. The van der Waals surface area contributed by atoms with Crippen molar-refractivity contribution in [2.75, 3.05) is 13.2 Å². The molecule has 1 heterocycles. The van der Waals surface area contributed by atoms with E-state index in [1.54, 1.807) is 0 Å². The first-order valence-electron chi connectivity index (χ1n) is 6.28. The molecule has 1 aliphatic rings. The van der Waals surface area contributed by atoms with E-state index in [1.807, 2.05) is 0 Å². The number of rotatable bonds is 4. The number of aryl methyl sites for hydroxylation is 1. The van der Waals surface area contributed by atoms with Crippen molar-refractivity contribution in [2.45, 2.75) is 38.8 Å². The summed E-state index contributed by atoms with van der Waals surface area (Å²) in [7, 11) is 0. The van der Waals surface area contributed by atoms with Crippen LogP contribution in [0, 0.1) is 0 Å². The van der Waals surface area contributed by atoms with E-state index >= 15 is 0 Å². The van der Waals surface area contributed by atoms with Crippen molar-refractivity contribution in [1.29, 1.82) is 0 Å². The first-order chi connectivity index (χ1) is 7.90. The maximum absolute atomic E-state index is 5.46. The molecule has 16 heavy (non-hydrogen) atoms. The Morgan fingerprint density at radius 3 is 2.81 bits per heavy atom. The zero-order valence-corrected chi connectivity index (χ0v) is 10.0. The van der Waals surface area contributed by atoms with Crippen molar-refractivity contribution in [3.05, 3.63) is 35.4 Å². The van der Waals surface area contributed by atoms with Crippen LogP contribution >= 0.6 is 0 Å². The fourth-order valence-electron chi connectivity index (χ4n) is 2.23. The van der Waals surface area contributed by atoms with E-state index in [1.165, 1.54) is 24.0 Å². The average Bonchev–Trinajstić information content (AvgIpc) is 2.38. The molecule has 0 bridgehead atoms. The largest absolute Gasteiger partial charge is 0.380 e. The highest BCUT2D eigenvalue weighted by atomic mass is 16.5. The Labute approximate surface area is 98.0 Å². The molecule has 0 radical (unpaired) electrons. The smallest absolute Gasteiger partial charge is 0.0619 e. The summed E-state index contributed by atoms with van der Waals surface area (Å²) in [5.74, 6) is 0. The van der Waals surface area contributed by atoms with Crippen molar-refractivity contribution >= 4 is 0 Å². The van der Waals surface area contributed by atoms with Gasteiger partial charge in [0.1, 0.15) is 0 Å². The van der Waals surface area contributed by atoms with Crippen molar-refractivity contribution in [3.63, 3.8) is 0 Å². The quantitative estimate of drug-likeness (QED) is 0.840. The van der Waals surface area contributed by atoms with Gasteiger partial charge < -0.3 is 10.1 Å². The monoisotopic (exact) mass is 219 g/mol. The van der Waals surface area contributed by atoms with Gasteiger partial charge >= 0.3 is 0 Å². The molecule has 0 spiro atoms. The van der Waals surface area contributed by atoms with E-state index in [-0.39, 0.29) is 0 Å². The molecule has 2 rings (SSSR count). The highest BCUT2D eigenvalue weighted by Gasteiger charge is 2.13. The highest BCUT2D eigenvalue weighted by molar-refractivity contribution is 5.26. The summed E-state index contributed by atoms with van der Waals surface area (Å²) in [6.45, 7) is 4.98. The molecule has 1 N–H and O–H groups in total. The van der Waals surface area contributed by atoms with E-state index in [0.717, 1.165) is 26.2 Å². The van der Waals surface area contributed by atoms with Gasteiger partial charge in [-0.3, -0.25) is 0 Å². The fourth-order valence-corrected chi connectivity index (χ4v) is 2.23. The van der Waals surface area contributed by atoms with Crippen LogP contribution < -0.4 is 5.32 Å². The molecule has 1 aliphatic heterocycles. The molecule has 1 atom stereocenters. The zero-order valence-electron chi connectivity index (χ0n) is 10.0. The molecule has 1 aromatic rings. The molecule has 2 nitrogen and oxygen atoms in total. The lowest BCUT2D eigenvalue weighted by molar-refractivity contribution is 0.0699. The standard InChI is InChI=1S/C14H21NO/c1-2-12-6-3-4-7-13(12)10-15-14-8-5-9-16-11-14/h3-4,6-7,14-15H,2,5,8-11H2,1H3. The normalized spacial score (nSPS) is 20.9.